The molecule has 0 saturated carbocycles. The second-order valence-electron chi connectivity index (χ2n) is 7.26. The third-order valence-corrected chi connectivity index (χ3v) is 5.01. The molecule has 1 aromatic heterocycles. The second-order valence-corrected chi connectivity index (χ2v) is 7.26. The topological polar surface area (TPSA) is 76.4 Å². The van der Waals surface area contributed by atoms with Crippen LogP contribution in [0.5, 0.6) is 5.75 Å². The first-order valence-corrected chi connectivity index (χ1v) is 10.0. The van der Waals surface area contributed by atoms with Crippen molar-refractivity contribution < 1.29 is 17.9 Å². The summed E-state index contributed by atoms with van der Waals surface area (Å²) in [5.41, 5.74) is 1.03. The number of aryl methyl sites for hydroxylation is 1. The van der Waals surface area contributed by atoms with Crippen LogP contribution in [0.15, 0.2) is 29.3 Å². The number of hydrogen-bond donors (Lipinski definition) is 2. The molecule has 0 spiro atoms. The van der Waals surface area contributed by atoms with E-state index in [1.165, 1.54) is 0 Å². The monoisotopic (exact) mass is 552 g/mol. The molecule has 172 valence electrons. The third-order valence-electron chi connectivity index (χ3n) is 5.01. The molecule has 0 aliphatic carbocycles. The van der Waals surface area contributed by atoms with E-state index in [9.17, 15) is 13.2 Å². The number of aromatic nitrogens is 3. The van der Waals surface area contributed by atoms with Crippen molar-refractivity contribution in [2.75, 3.05) is 13.2 Å². The van der Waals surface area contributed by atoms with E-state index < -0.39 is 12.6 Å². The van der Waals surface area contributed by atoms with Gasteiger partial charge >= 0.3 is 6.18 Å². The summed E-state index contributed by atoms with van der Waals surface area (Å²) in [4.78, 5) is 4.59. The zero-order chi connectivity index (χ0) is 21.6. The molecule has 1 atom stereocenters. The highest BCUT2D eigenvalue weighted by Gasteiger charge is 2.26. The molecule has 1 aromatic carbocycles. The minimum absolute atomic E-state index is 0. The van der Waals surface area contributed by atoms with Crippen LogP contribution < -0.4 is 15.4 Å². The van der Waals surface area contributed by atoms with E-state index in [1.807, 2.05) is 42.8 Å². The smallest absolute Gasteiger partial charge is 0.389 e. The Hall–Kier alpha value is -2.05. The van der Waals surface area contributed by atoms with Gasteiger partial charge < -0.3 is 19.9 Å². The number of hydrogen-bond acceptors (Lipinski definition) is 4. The van der Waals surface area contributed by atoms with Gasteiger partial charge in [-0.2, -0.15) is 13.2 Å². The standard InChI is InChI=1S/C20H27F3N6O.HI/c1-14-27-28-18(29(14)2)13-25-19(24-11-6-5-10-20(21,22)23)26-16-9-12-30-17-8-4-3-7-15(16)17;/h3-4,7-8,16H,5-6,9-13H2,1-2H3,(H2,24,25,26);1H. The van der Waals surface area contributed by atoms with Crippen molar-refractivity contribution in [3.63, 3.8) is 0 Å². The highest BCUT2D eigenvalue weighted by Crippen LogP contribution is 2.31. The molecule has 7 nitrogen and oxygen atoms in total. The van der Waals surface area contributed by atoms with E-state index in [-0.39, 0.29) is 36.4 Å². The molecule has 0 bridgehead atoms. The quantitative estimate of drug-likeness (QED) is 0.235. The highest BCUT2D eigenvalue weighted by molar-refractivity contribution is 14.0. The zero-order valence-corrected chi connectivity index (χ0v) is 19.9. The van der Waals surface area contributed by atoms with Gasteiger partial charge in [-0.3, -0.25) is 0 Å². The summed E-state index contributed by atoms with van der Waals surface area (Å²) in [5, 5.41) is 14.7. The van der Waals surface area contributed by atoms with Gasteiger partial charge in [0.2, 0.25) is 0 Å². The lowest BCUT2D eigenvalue weighted by Crippen LogP contribution is -2.41. The number of fused-ring (bicyclic) bond motifs is 1. The number of nitrogens with zero attached hydrogens (tertiary/aromatic N) is 4. The lowest BCUT2D eigenvalue weighted by molar-refractivity contribution is -0.135. The van der Waals surface area contributed by atoms with Crippen molar-refractivity contribution in [1.82, 2.24) is 25.4 Å². The van der Waals surface area contributed by atoms with Gasteiger partial charge in [0, 0.05) is 32.0 Å². The van der Waals surface area contributed by atoms with Crippen molar-refractivity contribution in [1.29, 1.82) is 0 Å². The Balaban J connectivity index is 0.00000341. The van der Waals surface area contributed by atoms with Crippen LogP contribution in [0.2, 0.25) is 0 Å². The van der Waals surface area contributed by atoms with Crippen LogP contribution in [0, 0.1) is 6.92 Å². The Bertz CT molecular complexity index is 871. The van der Waals surface area contributed by atoms with E-state index in [4.69, 9.17) is 4.74 Å². The van der Waals surface area contributed by atoms with Gasteiger partial charge in [-0.05, 0) is 25.8 Å². The van der Waals surface area contributed by atoms with E-state index >= 15 is 0 Å². The summed E-state index contributed by atoms with van der Waals surface area (Å²) in [5.74, 6) is 2.85. The number of alkyl halides is 3. The van der Waals surface area contributed by atoms with E-state index in [0.29, 0.717) is 37.9 Å². The summed E-state index contributed by atoms with van der Waals surface area (Å²) < 4.78 is 44.6. The summed E-state index contributed by atoms with van der Waals surface area (Å²) in [6.45, 7) is 3.14. The number of unbranched alkanes of at least 4 members (excludes halogenated alkanes) is 1. The van der Waals surface area contributed by atoms with Crippen LogP contribution in [-0.2, 0) is 13.6 Å². The summed E-state index contributed by atoms with van der Waals surface area (Å²) in [7, 11) is 1.87. The lowest BCUT2D eigenvalue weighted by Gasteiger charge is -2.28. The van der Waals surface area contributed by atoms with Gasteiger partial charge in [0.25, 0.3) is 0 Å². The van der Waals surface area contributed by atoms with Crippen molar-refractivity contribution in [3.05, 3.63) is 41.5 Å². The Morgan fingerprint density at radius 2 is 2.03 bits per heavy atom. The molecule has 1 aliphatic rings. The minimum atomic E-state index is -4.12. The molecular formula is C20H28F3IN6O. The molecule has 0 radical (unpaired) electrons. The van der Waals surface area contributed by atoms with E-state index in [2.05, 4.69) is 25.8 Å². The largest absolute Gasteiger partial charge is 0.493 e. The Labute approximate surface area is 196 Å². The van der Waals surface area contributed by atoms with Crippen LogP contribution in [0.3, 0.4) is 0 Å². The number of rotatable bonds is 7. The molecule has 3 rings (SSSR count). The molecule has 0 amide bonds. The highest BCUT2D eigenvalue weighted by atomic mass is 127. The van der Waals surface area contributed by atoms with Crippen molar-refractivity contribution in [2.45, 2.75) is 51.4 Å². The Morgan fingerprint density at radius 1 is 1.26 bits per heavy atom. The fraction of sp³-hybridized carbons (Fsp3) is 0.550. The number of aliphatic imine (C=N–C) groups is 1. The molecule has 1 aliphatic heterocycles. The average Bonchev–Trinajstić information content (AvgIpc) is 3.03. The molecule has 1 unspecified atom stereocenters. The first-order chi connectivity index (χ1) is 14.3. The maximum absolute atomic E-state index is 12.4. The molecule has 2 heterocycles. The maximum atomic E-state index is 12.4. The van der Waals surface area contributed by atoms with Gasteiger partial charge in [0.1, 0.15) is 18.1 Å². The second kappa shape index (κ2) is 11.5. The molecule has 11 heteroatoms. The SMILES string of the molecule is Cc1nnc(CN=C(NCCCCC(F)(F)F)NC2CCOc3ccccc32)n1C.I. The zero-order valence-electron chi connectivity index (χ0n) is 17.6. The summed E-state index contributed by atoms with van der Waals surface area (Å²) in [6.07, 6.45) is -3.67. The molecular weight excluding hydrogens is 524 g/mol. The predicted molar refractivity (Wildman–Crippen MR) is 123 cm³/mol. The number of benzene rings is 1. The molecule has 0 fully saturated rings. The van der Waals surface area contributed by atoms with Gasteiger partial charge in [0.15, 0.2) is 11.8 Å². The number of guanidine groups is 1. The molecule has 31 heavy (non-hydrogen) atoms. The van der Waals surface area contributed by atoms with Gasteiger partial charge in [-0.25, -0.2) is 4.99 Å². The molecule has 0 saturated heterocycles. The summed E-state index contributed by atoms with van der Waals surface area (Å²) in [6, 6.07) is 7.79. The van der Waals surface area contributed by atoms with Crippen LogP contribution in [0.1, 0.15) is 48.9 Å². The van der Waals surface area contributed by atoms with Crippen molar-refractivity contribution in [2.24, 2.45) is 12.0 Å². The normalized spacial score (nSPS) is 16.2. The minimum Gasteiger partial charge on any atom is -0.493 e. The average molecular weight is 552 g/mol. The van der Waals surface area contributed by atoms with Crippen LogP contribution >= 0.6 is 24.0 Å². The number of ether oxygens (including phenoxy) is 1. The van der Waals surface area contributed by atoms with E-state index in [1.54, 1.807) is 0 Å². The van der Waals surface area contributed by atoms with Gasteiger partial charge in [0.05, 0.1) is 12.6 Å². The number of nitrogens with one attached hydrogen (secondary N) is 2. The van der Waals surface area contributed by atoms with Crippen LogP contribution in [0.4, 0.5) is 13.2 Å². The third kappa shape index (κ3) is 7.54. The van der Waals surface area contributed by atoms with Crippen molar-refractivity contribution >= 4 is 29.9 Å². The molecule has 2 N–H and O–H groups in total. The lowest BCUT2D eigenvalue weighted by atomic mass is 10.0. The van der Waals surface area contributed by atoms with E-state index in [0.717, 1.165) is 23.6 Å². The number of para-hydroxylation sites is 1. The van der Waals surface area contributed by atoms with Crippen LogP contribution in [0.25, 0.3) is 0 Å². The predicted octanol–water partition coefficient (Wildman–Crippen LogP) is 4.03. The van der Waals surface area contributed by atoms with Crippen molar-refractivity contribution in [3.8, 4) is 5.75 Å². The fourth-order valence-electron chi connectivity index (χ4n) is 3.21. The Morgan fingerprint density at radius 3 is 2.74 bits per heavy atom. The first-order valence-electron chi connectivity index (χ1n) is 10.0. The fourth-order valence-corrected chi connectivity index (χ4v) is 3.21. The van der Waals surface area contributed by atoms with Gasteiger partial charge in [-0.15, -0.1) is 34.2 Å². The Kier molecular flexibility index (Phi) is 9.38. The first kappa shape index (κ1) is 25.2. The van der Waals surface area contributed by atoms with Crippen LogP contribution in [-0.4, -0.2) is 40.1 Å². The maximum Gasteiger partial charge on any atom is 0.389 e. The van der Waals surface area contributed by atoms with Gasteiger partial charge in [-0.1, -0.05) is 18.2 Å². The molecule has 2 aromatic rings. The number of halogens is 4. The summed E-state index contributed by atoms with van der Waals surface area (Å²) >= 11 is 0.